The van der Waals surface area contributed by atoms with E-state index < -0.39 is 28.9 Å². The summed E-state index contributed by atoms with van der Waals surface area (Å²) in [4.78, 5) is 12.7. The van der Waals surface area contributed by atoms with E-state index in [4.69, 9.17) is 16.3 Å². The molecule has 0 aliphatic carbocycles. The molecule has 0 amide bonds. The smallest absolute Gasteiger partial charge is 0.496 e. The van der Waals surface area contributed by atoms with Crippen molar-refractivity contribution in [2.45, 2.75) is 12.2 Å². The van der Waals surface area contributed by atoms with Gasteiger partial charge in [0, 0.05) is 4.98 Å². The number of nitro groups is 1. The first-order chi connectivity index (χ1) is 8.28. The fraction of sp³-hybridized carbons (Fsp3) is 0.375. The van der Waals surface area contributed by atoms with Gasteiger partial charge in [-0.05, 0) is 4.92 Å². The SMILES string of the molecule is COc1cc([N+](=O)[O-])nc(OC(F)(F)F)c1CCl. The zero-order valence-electron chi connectivity index (χ0n) is 8.82. The molecule has 1 heterocycles. The highest BCUT2D eigenvalue weighted by atomic mass is 35.5. The Morgan fingerprint density at radius 3 is 2.56 bits per heavy atom. The summed E-state index contributed by atoms with van der Waals surface area (Å²) in [5.41, 5.74) is -0.220. The van der Waals surface area contributed by atoms with Gasteiger partial charge in [0.15, 0.2) is 0 Å². The van der Waals surface area contributed by atoms with Crippen molar-refractivity contribution >= 4 is 17.4 Å². The number of halogens is 4. The Balaban J connectivity index is 3.35. The van der Waals surface area contributed by atoms with Gasteiger partial charge >= 0.3 is 18.1 Å². The Kier molecular flexibility index (Phi) is 4.17. The third-order valence-electron chi connectivity index (χ3n) is 1.78. The molecule has 0 fully saturated rings. The van der Waals surface area contributed by atoms with Gasteiger partial charge in [-0.15, -0.1) is 24.8 Å². The minimum absolute atomic E-state index is 0.203. The predicted molar refractivity (Wildman–Crippen MR) is 53.7 cm³/mol. The van der Waals surface area contributed by atoms with Gasteiger partial charge in [-0.1, -0.05) is 0 Å². The van der Waals surface area contributed by atoms with Crippen LogP contribution in [-0.4, -0.2) is 23.4 Å². The molecule has 0 atom stereocenters. The molecule has 100 valence electrons. The second kappa shape index (κ2) is 5.25. The number of methoxy groups -OCH3 is 1. The molecule has 10 heteroatoms. The molecule has 0 N–H and O–H groups in total. The fourth-order valence-corrected chi connectivity index (χ4v) is 1.35. The van der Waals surface area contributed by atoms with Gasteiger partial charge < -0.3 is 19.6 Å². The van der Waals surface area contributed by atoms with E-state index in [0.717, 1.165) is 13.2 Å². The normalized spacial score (nSPS) is 11.2. The third-order valence-corrected chi connectivity index (χ3v) is 2.05. The van der Waals surface area contributed by atoms with E-state index in [1.165, 1.54) is 0 Å². The number of hydrogen-bond donors (Lipinski definition) is 0. The van der Waals surface area contributed by atoms with Crippen LogP contribution < -0.4 is 9.47 Å². The molecule has 0 saturated carbocycles. The van der Waals surface area contributed by atoms with Crippen LogP contribution in [0.4, 0.5) is 19.0 Å². The lowest BCUT2D eigenvalue weighted by molar-refractivity contribution is -0.390. The number of hydrogen-bond acceptors (Lipinski definition) is 5. The van der Waals surface area contributed by atoms with Crippen molar-refractivity contribution in [1.29, 1.82) is 0 Å². The molecule has 18 heavy (non-hydrogen) atoms. The molecule has 0 aliphatic heterocycles. The lowest BCUT2D eigenvalue weighted by Crippen LogP contribution is -2.19. The van der Waals surface area contributed by atoms with Gasteiger partial charge in [-0.3, -0.25) is 0 Å². The summed E-state index contributed by atoms with van der Waals surface area (Å²) in [7, 11) is 1.13. The van der Waals surface area contributed by atoms with E-state index in [-0.39, 0.29) is 11.3 Å². The summed E-state index contributed by atoms with van der Waals surface area (Å²) < 4.78 is 44.6. The van der Waals surface area contributed by atoms with Gasteiger partial charge in [0.25, 0.3) is 0 Å². The molecule has 6 nitrogen and oxygen atoms in total. The molecule has 0 aromatic carbocycles. The van der Waals surface area contributed by atoms with Crippen LogP contribution in [-0.2, 0) is 5.88 Å². The van der Waals surface area contributed by atoms with Gasteiger partial charge in [0.05, 0.1) is 24.6 Å². The Bertz CT molecular complexity index is 466. The first kappa shape index (κ1) is 14.3. The largest absolute Gasteiger partial charge is 0.575 e. The topological polar surface area (TPSA) is 74.5 Å². The number of nitrogens with zero attached hydrogens (tertiary/aromatic N) is 2. The second-order valence-corrected chi connectivity index (χ2v) is 3.17. The fourth-order valence-electron chi connectivity index (χ4n) is 1.11. The van der Waals surface area contributed by atoms with Crippen molar-refractivity contribution in [1.82, 2.24) is 4.98 Å². The lowest BCUT2D eigenvalue weighted by Gasteiger charge is -2.10. The van der Waals surface area contributed by atoms with Crippen molar-refractivity contribution in [3.05, 3.63) is 21.7 Å². The minimum atomic E-state index is -5.03. The molecule has 1 aromatic rings. The summed E-state index contributed by atoms with van der Waals surface area (Å²) >= 11 is 5.44. The molecule has 0 bridgehead atoms. The Morgan fingerprint density at radius 2 is 2.17 bits per heavy atom. The number of ether oxygens (including phenoxy) is 2. The first-order valence-corrected chi connectivity index (χ1v) is 4.86. The van der Waals surface area contributed by atoms with E-state index in [1.54, 1.807) is 0 Å². The molecule has 1 rings (SSSR count). The average Bonchev–Trinajstić information content (AvgIpc) is 2.25. The van der Waals surface area contributed by atoms with Crippen molar-refractivity contribution < 1.29 is 27.6 Å². The maximum Gasteiger partial charge on any atom is 0.575 e. The molecule has 0 unspecified atom stereocenters. The molecular formula is C8H6ClF3N2O4. The van der Waals surface area contributed by atoms with Crippen molar-refractivity contribution in [2.24, 2.45) is 0 Å². The van der Waals surface area contributed by atoms with Crippen molar-refractivity contribution in [2.75, 3.05) is 7.11 Å². The zero-order chi connectivity index (χ0) is 13.9. The minimum Gasteiger partial charge on any atom is -0.496 e. The summed E-state index contributed by atoms with van der Waals surface area (Å²) in [5.74, 6) is -2.44. The first-order valence-electron chi connectivity index (χ1n) is 4.32. The second-order valence-electron chi connectivity index (χ2n) is 2.90. The Morgan fingerprint density at radius 1 is 1.56 bits per heavy atom. The van der Waals surface area contributed by atoms with E-state index in [2.05, 4.69) is 9.72 Å². The highest BCUT2D eigenvalue weighted by molar-refractivity contribution is 6.17. The summed E-state index contributed by atoms with van der Waals surface area (Å²) in [5, 5.41) is 10.5. The molecule has 0 aliphatic rings. The van der Waals surface area contributed by atoms with Crippen LogP contribution in [0.3, 0.4) is 0 Å². The van der Waals surface area contributed by atoms with Crippen LogP contribution in [0.1, 0.15) is 5.56 Å². The molecule has 0 spiro atoms. The standard InChI is InChI=1S/C8H6ClF3N2O4/c1-17-5-2-6(14(15)16)13-7(4(5)3-9)18-8(10,11)12/h2H,3H2,1H3. The van der Waals surface area contributed by atoms with Crippen LogP contribution in [0.15, 0.2) is 6.07 Å². The van der Waals surface area contributed by atoms with Crippen LogP contribution in [0.2, 0.25) is 0 Å². The maximum absolute atomic E-state index is 12.1. The average molecular weight is 287 g/mol. The number of aromatic nitrogens is 1. The summed E-state index contributed by atoms with van der Waals surface area (Å²) in [6.07, 6.45) is -5.03. The zero-order valence-corrected chi connectivity index (χ0v) is 9.58. The van der Waals surface area contributed by atoms with Gasteiger partial charge in [-0.2, -0.15) is 0 Å². The van der Waals surface area contributed by atoms with Gasteiger partial charge in [-0.25, -0.2) is 0 Å². The predicted octanol–water partition coefficient (Wildman–Crippen LogP) is 2.64. The molecule has 0 radical (unpaired) electrons. The van der Waals surface area contributed by atoms with Crippen LogP contribution in [0.5, 0.6) is 11.6 Å². The highest BCUT2D eigenvalue weighted by Gasteiger charge is 2.36. The van der Waals surface area contributed by atoms with Gasteiger partial charge in [0.1, 0.15) is 5.75 Å². The van der Waals surface area contributed by atoms with Crippen LogP contribution in [0.25, 0.3) is 0 Å². The molecule has 1 aromatic heterocycles. The quantitative estimate of drug-likeness (QED) is 0.483. The Hall–Kier alpha value is -1.77. The van der Waals surface area contributed by atoms with E-state index in [1.807, 2.05) is 0 Å². The Labute approximate surface area is 103 Å². The summed E-state index contributed by atoms with van der Waals surface area (Å²) in [6.45, 7) is 0. The number of alkyl halides is 4. The lowest BCUT2D eigenvalue weighted by atomic mass is 10.2. The summed E-state index contributed by atoms with van der Waals surface area (Å²) in [6, 6.07) is 0.862. The molecular weight excluding hydrogens is 281 g/mol. The monoisotopic (exact) mass is 286 g/mol. The van der Waals surface area contributed by atoms with E-state index in [0.29, 0.717) is 0 Å². The number of pyridine rings is 1. The van der Waals surface area contributed by atoms with Crippen molar-refractivity contribution in [3.8, 4) is 11.6 Å². The third kappa shape index (κ3) is 3.36. The van der Waals surface area contributed by atoms with Crippen LogP contribution >= 0.6 is 11.6 Å². The van der Waals surface area contributed by atoms with Gasteiger partial charge in [0.2, 0.25) is 0 Å². The maximum atomic E-state index is 12.1. The van der Waals surface area contributed by atoms with Crippen LogP contribution in [0, 0.1) is 10.1 Å². The van der Waals surface area contributed by atoms with E-state index in [9.17, 15) is 23.3 Å². The van der Waals surface area contributed by atoms with Crippen molar-refractivity contribution in [3.63, 3.8) is 0 Å². The van der Waals surface area contributed by atoms with E-state index >= 15 is 0 Å². The molecule has 0 saturated heterocycles. The number of rotatable bonds is 4. The highest BCUT2D eigenvalue weighted by Crippen LogP contribution is 2.34.